The van der Waals surface area contributed by atoms with Gasteiger partial charge in [-0.05, 0) is 23.6 Å². The molecule has 2 aromatic rings. The van der Waals surface area contributed by atoms with E-state index in [-0.39, 0.29) is 5.82 Å². The van der Waals surface area contributed by atoms with Crippen molar-refractivity contribution < 1.29 is 13.9 Å². The summed E-state index contributed by atoms with van der Waals surface area (Å²) in [7, 11) is 1.53. The number of carbonyl (C=O) groups is 1. The Kier molecular flexibility index (Phi) is 2.21. The molecule has 14 heavy (non-hydrogen) atoms. The predicted molar refractivity (Wildman–Crippen MR) is 53.7 cm³/mol. The molecule has 0 atom stereocenters. The van der Waals surface area contributed by atoms with Crippen LogP contribution in [0.3, 0.4) is 0 Å². The van der Waals surface area contributed by atoms with Gasteiger partial charge in [-0.25, -0.2) is 4.39 Å². The van der Waals surface area contributed by atoms with Gasteiger partial charge >= 0.3 is 0 Å². The van der Waals surface area contributed by atoms with E-state index in [0.29, 0.717) is 27.0 Å². The van der Waals surface area contributed by atoms with E-state index in [2.05, 4.69) is 0 Å². The second-order valence-corrected chi connectivity index (χ2v) is 3.82. The SMILES string of the molecule is COc1cc2cc(C=O)cc(F)c2s1. The highest BCUT2D eigenvalue weighted by molar-refractivity contribution is 7.20. The van der Waals surface area contributed by atoms with E-state index < -0.39 is 0 Å². The fourth-order valence-electron chi connectivity index (χ4n) is 1.28. The molecule has 0 aliphatic rings. The minimum Gasteiger partial charge on any atom is -0.487 e. The van der Waals surface area contributed by atoms with Crippen LogP contribution < -0.4 is 4.74 Å². The zero-order valence-electron chi connectivity index (χ0n) is 7.41. The first kappa shape index (κ1) is 9.15. The monoisotopic (exact) mass is 210 g/mol. The molecular formula is C10H7FO2S. The average molecular weight is 210 g/mol. The van der Waals surface area contributed by atoms with Gasteiger partial charge in [0.2, 0.25) is 0 Å². The van der Waals surface area contributed by atoms with Crippen molar-refractivity contribution in [3.63, 3.8) is 0 Å². The molecule has 0 saturated carbocycles. The Morgan fingerprint density at radius 2 is 2.21 bits per heavy atom. The zero-order valence-corrected chi connectivity index (χ0v) is 8.23. The molecule has 0 aliphatic heterocycles. The fraction of sp³-hybridized carbons (Fsp3) is 0.100. The minimum atomic E-state index is -0.377. The van der Waals surface area contributed by atoms with Gasteiger partial charge in [0.1, 0.15) is 12.1 Å². The number of thiophene rings is 1. The number of aldehydes is 1. The molecule has 0 fully saturated rings. The molecule has 1 aromatic heterocycles. The van der Waals surface area contributed by atoms with Crippen LogP contribution in [-0.4, -0.2) is 13.4 Å². The number of hydrogen-bond acceptors (Lipinski definition) is 3. The molecule has 1 heterocycles. The second-order valence-electron chi connectivity index (χ2n) is 2.81. The summed E-state index contributed by atoms with van der Waals surface area (Å²) in [5, 5.41) is 1.34. The van der Waals surface area contributed by atoms with Crippen molar-refractivity contribution in [3.8, 4) is 5.06 Å². The topological polar surface area (TPSA) is 26.3 Å². The maximum absolute atomic E-state index is 13.4. The number of fused-ring (bicyclic) bond motifs is 1. The van der Waals surface area contributed by atoms with Gasteiger partial charge in [0.15, 0.2) is 5.06 Å². The van der Waals surface area contributed by atoms with E-state index in [1.165, 1.54) is 24.5 Å². The number of halogens is 1. The summed E-state index contributed by atoms with van der Waals surface area (Å²) >= 11 is 1.23. The molecule has 0 saturated heterocycles. The molecule has 0 N–H and O–H groups in total. The van der Waals surface area contributed by atoms with Crippen molar-refractivity contribution in [2.45, 2.75) is 0 Å². The van der Waals surface area contributed by atoms with Crippen molar-refractivity contribution in [1.82, 2.24) is 0 Å². The van der Waals surface area contributed by atoms with Crippen LogP contribution in [0, 0.1) is 5.82 Å². The first-order chi connectivity index (χ1) is 6.74. The Morgan fingerprint density at radius 1 is 1.43 bits per heavy atom. The Morgan fingerprint density at radius 3 is 2.86 bits per heavy atom. The Bertz CT molecular complexity index is 490. The number of rotatable bonds is 2. The molecule has 0 amide bonds. The maximum atomic E-state index is 13.4. The molecule has 0 radical (unpaired) electrons. The van der Waals surface area contributed by atoms with Gasteiger partial charge in [0.25, 0.3) is 0 Å². The zero-order chi connectivity index (χ0) is 10.1. The smallest absolute Gasteiger partial charge is 0.174 e. The van der Waals surface area contributed by atoms with Gasteiger partial charge in [-0.3, -0.25) is 4.79 Å². The summed E-state index contributed by atoms with van der Waals surface area (Å²) in [6.07, 6.45) is 0.632. The Balaban J connectivity index is 2.73. The molecule has 0 bridgehead atoms. The molecular weight excluding hydrogens is 203 g/mol. The fourth-order valence-corrected chi connectivity index (χ4v) is 2.14. The molecule has 2 rings (SSSR count). The van der Waals surface area contributed by atoms with Crippen molar-refractivity contribution in [1.29, 1.82) is 0 Å². The normalized spacial score (nSPS) is 10.4. The molecule has 0 spiro atoms. The summed E-state index contributed by atoms with van der Waals surface area (Å²) < 4.78 is 18.9. The van der Waals surface area contributed by atoms with Gasteiger partial charge in [0.05, 0.1) is 11.8 Å². The lowest BCUT2D eigenvalue weighted by atomic mass is 10.2. The third-order valence-electron chi connectivity index (χ3n) is 1.91. The van der Waals surface area contributed by atoms with Crippen molar-refractivity contribution in [2.75, 3.05) is 7.11 Å². The van der Waals surface area contributed by atoms with Gasteiger partial charge in [0, 0.05) is 5.56 Å². The average Bonchev–Trinajstić information content (AvgIpc) is 2.61. The number of benzene rings is 1. The van der Waals surface area contributed by atoms with Gasteiger partial charge in [-0.15, -0.1) is 0 Å². The molecule has 0 aliphatic carbocycles. The lowest BCUT2D eigenvalue weighted by Crippen LogP contribution is -1.81. The Hall–Kier alpha value is -1.42. The molecule has 4 heteroatoms. The number of methoxy groups -OCH3 is 1. The lowest BCUT2D eigenvalue weighted by molar-refractivity contribution is 0.112. The summed E-state index contributed by atoms with van der Waals surface area (Å²) in [5.41, 5.74) is 0.343. The van der Waals surface area contributed by atoms with E-state index in [4.69, 9.17) is 4.74 Å². The minimum absolute atomic E-state index is 0.343. The van der Waals surface area contributed by atoms with Crippen molar-refractivity contribution >= 4 is 27.7 Å². The van der Waals surface area contributed by atoms with Crippen LogP contribution in [0.4, 0.5) is 4.39 Å². The van der Waals surface area contributed by atoms with Crippen LogP contribution in [0.15, 0.2) is 18.2 Å². The summed E-state index contributed by atoms with van der Waals surface area (Å²) in [6, 6.07) is 4.59. The predicted octanol–water partition coefficient (Wildman–Crippen LogP) is 2.86. The van der Waals surface area contributed by atoms with Crippen LogP contribution in [0.5, 0.6) is 5.06 Å². The third-order valence-corrected chi connectivity index (χ3v) is 3.03. The number of carbonyl (C=O) groups excluding carboxylic acids is 1. The van der Waals surface area contributed by atoms with Crippen molar-refractivity contribution in [2.24, 2.45) is 0 Å². The summed E-state index contributed by atoms with van der Waals surface area (Å²) in [6.45, 7) is 0. The van der Waals surface area contributed by atoms with E-state index in [1.54, 1.807) is 12.1 Å². The Labute approximate surface area is 83.9 Å². The number of hydrogen-bond donors (Lipinski definition) is 0. The number of ether oxygens (including phenoxy) is 1. The third kappa shape index (κ3) is 1.37. The van der Waals surface area contributed by atoms with Crippen molar-refractivity contribution in [3.05, 3.63) is 29.6 Å². The van der Waals surface area contributed by atoms with E-state index >= 15 is 0 Å². The highest BCUT2D eigenvalue weighted by atomic mass is 32.1. The highest BCUT2D eigenvalue weighted by Gasteiger charge is 2.08. The molecule has 1 aromatic carbocycles. The van der Waals surface area contributed by atoms with Crippen LogP contribution in [-0.2, 0) is 0 Å². The standard InChI is InChI=1S/C10H7FO2S/c1-13-9-4-7-2-6(5-12)3-8(11)10(7)14-9/h2-5H,1H3. The molecule has 2 nitrogen and oxygen atoms in total. The van der Waals surface area contributed by atoms with Crippen LogP contribution >= 0.6 is 11.3 Å². The largest absolute Gasteiger partial charge is 0.487 e. The van der Waals surface area contributed by atoms with Gasteiger partial charge < -0.3 is 4.74 Å². The van der Waals surface area contributed by atoms with E-state index in [0.717, 1.165) is 0 Å². The first-order valence-electron chi connectivity index (χ1n) is 3.97. The quantitative estimate of drug-likeness (QED) is 0.712. The molecule has 0 unspecified atom stereocenters. The summed E-state index contributed by atoms with van der Waals surface area (Å²) in [5.74, 6) is -0.377. The van der Waals surface area contributed by atoms with Crippen LogP contribution in [0.1, 0.15) is 10.4 Å². The van der Waals surface area contributed by atoms with E-state index in [1.807, 2.05) is 0 Å². The van der Waals surface area contributed by atoms with Crippen LogP contribution in [0.25, 0.3) is 10.1 Å². The van der Waals surface area contributed by atoms with Crippen LogP contribution in [0.2, 0.25) is 0 Å². The maximum Gasteiger partial charge on any atom is 0.174 e. The lowest BCUT2D eigenvalue weighted by Gasteiger charge is -1.93. The first-order valence-corrected chi connectivity index (χ1v) is 4.78. The van der Waals surface area contributed by atoms with Gasteiger partial charge in [-0.2, -0.15) is 0 Å². The van der Waals surface area contributed by atoms with Gasteiger partial charge in [-0.1, -0.05) is 11.3 Å². The summed E-state index contributed by atoms with van der Waals surface area (Å²) in [4.78, 5) is 10.5. The molecule has 72 valence electrons. The second kappa shape index (κ2) is 3.38. The highest BCUT2D eigenvalue weighted by Crippen LogP contribution is 2.33. The van der Waals surface area contributed by atoms with E-state index in [9.17, 15) is 9.18 Å².